The van der Waals surface area contributed by atoms with E-state index in [-0.39, 0.29) is 5.78 Å². The summed E-state index contributed by atoms with van der Waals surface area (Å²) in [6.07, 6.45) is 0. The molecule has 3 heteroatoms. The van der Waals surface area contributed by atoms with E-state index >= 15 is 0 Å². The molecule has 0 aliphatic rings. The van der Waals surface area contributed by atoms with E-state index in [1.54, 1.807) is 31.2 Å². The number of ketones is 1. The Morgan fingerprint density at radius 1 is 1.43 bits per heavy atom. The van der Waals surface area contributed by atoms with Crippen LogP contribution in [0, 0.1) is 0 Å². The third-order valence-electron chi connectivity index (χ3n) is 1.81. The van der Waals surface area contributed by atoms with Crippen molar-refractivity contribution < 1.29 is 9.53 Å². The lowest BCUT2D eigenvalue weighted by molar-refractivity contribution is 0.0991. The highest BCUT2D eigenvalue weighted by Crippen LogP contribution is 2.14. The second-order valence-corrected chi connectivity index (χ2v) is 3.59. The average Bonchev–Trinajstić information content (AvgIpc) is 2.18. The van der Waals surface area contributed by atoms with Crippen LogP contribution in [-0.2, 0) is 0 Å². The van der Waals surface area contributed by atoms with Crippen molar-refractivity contribution >= 4 is 17.4 Å². The van der Waals surface area contributed by atoms with Crippen molar-refractivity contribution in [1.29, 1.82) is 0 Å². The van der Waals surface area contributed by atoms with Crippen LogP contribution in [0.1, 0.15) is 24.2 Å². The van der Waals surface area contributed by atoms with Gasteiger partial charge in [0, 0.05) is 5.56 Å². The zero-order valence-corrected chi connectivity index (χ0v) is 9.04. The standard InChI is InChI=1S/C11H13ClO2/c1-3-14-10-6-4-9(5-7-10)11(13)8(2)12/h4-8H,3H2,1-2H3. The average molecular weight is 213 g/mol. The molecule has 0 fully saturated rings. The van der Waals surface area contributed by atoms with Crippen LogP contribution in [0.15, 0.2) is 24.3 Å². The molecule has 0 aromatic heterocycles. The molecular formula is C11H13ClO2. The Morgan fingerprint density at radius 2 is 2.00 bits per heavy atom. The van der Waals surface area contributed by atoms with Crippen molar-refractivity contribution in [3.8, 4) is 5.75 Å². The van der Waals surface area contributed by atoms with Crippen LogP contribution in [0.25, 0.3) is 0 Å². The zero-order valence-electron chi connectivity index (χ0n) is 8.29. The number of benzene rings is 1. The smallest absolute Gasteiger partial charge is 0.180 e. The maximum Gasteiger partial charge on any atom is 0.180 e. The second-order valence-electron chi connectivity index (χ2n) is 2.94. The van der Waals surface area contributed by atoms with Crippen molar-refractivity contribution in [1.82, 2.24) is 0 Å². The fourth-order valence-electron chi connectivity index (χ4n) is 1.11. The molecule has 1 rings (SSSR count). The Labute approximate surface area is 88.8 Å². The SMILES string of the molecule is CCOc1ccc(C(=O)C(C)Cl)cc1. The lowest BCUT2D eigenvalue weighted by atomic mass is 10.1. The van der Waals surface area contributed by atoms with Crippen molar-refractivity contribution in [3.63, 3.8) is 0 Å². The summed E-state index contributed by atoms with van der Waals surface area (Å²) in [5.74, 6) is 0.709. The number of hydrogen-bond donors (Lipinski definition) is 0. The van der Waals surface area contributed by atoms with E-state index < -0.39 is 5.38 Å². The molecule has 0 spiro atoms. The zero-order chi connectivity index (χ0) is 10.6. The highest BCUT2D eigenvalue weighted by atomic mass is 35.5. The minimum atomic E-state index is -0.479. The van der Waals surface area contributed by atoms with E-state index in [0.717, 1.165) is 5.75 Å². The van der Waals surface area contributed by atoms with Gasteiger partial charge in [0.15, 0.2) is 5.78 Å². The molecule has 0 heterocycles. The molecule has 0 N–H and O–H groups in total. The lowest BCUT2D eigenvalue weighted by Crippen LogP contribution is -2.10. The van der Waals surface area contributed by atoms with Crippen molar-refractivity contribution in [2.45, 2.75) is 19.2 Å². The first-order chi connectivity index (χ1) is 6.65. The van der Waals surface area contributed by atoms with Gasteiger partial charge in [-0.1, -0.05) is 0 Å². The minimum absolute atomic E-state index is 0.0604. The molecule has 0 aliphatic heterocycles. The Balaban J connectivity index is 2.78. The number of carbonyl (C=O) groups is 1. The number of carbonyl (C=O) groups excluding carboxylic acids is 1. The fourth-order valence-corrected chi connectivity index (χ4v) is 1.24. The molecule has 2 nitrogen and oxygen atoms in total. The van der Waals surface area contributed by atoms with Gasteiger partial charge < -0.3 is 4.74 Å². The monoisotopic (exact) mass is 212 g/mol. The number of Topliss-reactive ketones (excluding diaryl/α,β-unsaturated/α-hetero) is 1. The first-order valence-electron chi connectivity index (χ1n) is 4.56. The normalized spacial score (nSPS) is 12.2. The van der Waals surface area contributed by atoms with Crippen molar-refractivity contribution in [2.24, 2.45) is 0 Å². The quantitative estimate of drug-likeness (QED) is 0.567. The van der Waals surface area contributed by atoms with E-state index in [9.17, 15) is 4.79 Å². The molecule has 0 saturated heterocycles. The molecule has 0 radical (unpaired) electrons. The number of hydrogen-bond acceptors (Lipinski definition) is 2. The number of ether oxygens (including phenoxy) is 1. The lowest BCUT2D eigenvalue weighted by Gasteiger charge is -2.05. The summed E-state index contributed by atoms with van der Waals surface area (Å²) < 4.78 is 5.26. The van der Waals surface area contributed by atoms with Gasteiger partial charge in [-0.3, -0.25) is 4.79 Å². The summed E-state index contributed by atoms with van der Waals surface area (Å²) in [4.78, 5) is 11.4. The topological polar surface area (TPSA) is 26.3 Å². The molecular weight excluding hydrogens is 200 g/mol. The number of rotatable bonds is 4. The van der Waals surface area contributed by atoms with Crippen molar-refractivity contribution in [3.05, 3.63) is 29.8 Å². The molecule has 1 atom stereocenters. The maximum atomic E-state index is 11.4. The fraction of sp³-hybridized carbons (Fsp3) is 0.364. The highest BCUT2D eigenvalue weighted by Gasteiger charge is 2.11. The second kappa shape index (κ2) is 5.01. The minimum Gasteiger partial charge on any atom is -0.494 e. The van der Waals surface area contributed by atoms with Gasteiger partial charge in [-0.25, -0.2) is 0 Å². The molecule has 76 valence electrons. The first-order valence-corrected chi connectivity index (χ1v) is 5.00. The predicted molar refractivity (Wildman–Crippen MR) is 57.3 cm³/mol. The molecule has 0 aliphatic carbocycles. The van der Waals surface area contributed by atoms with Gasteiger partial charge >= 0.3 is 0 Å². The molecule has 14 heavy (non-hydrogen) atoms. The summed E-state index contributed by atoms with van der Waals surface area (Å²) in [6, 6.07) is 7.00. The maximum absolute atomic E-state index is 11.4. The molecule has 0 amide bonds. The van der Waals surface area contributed by atoms with E-state index in [0.29, 0.717) is 12.2 Å². The van der Waals surface area contributed by atoms with Gasteiger partial charge in [-0.2, -0.15) is 0 Å². The van der Waals surface area contributed by atoms with E-state index in [4.69, 9.17) is 16.3 Å². The van der Waals surface area contributed by atoms with Gasteiger partial charge in [0.2, 0.25) is 0 Å². The van der Waals surface area contributed by atoms with Crippen LogP contribution >= 0.6 is 11.6 Å². The number of alkyl halides is 1. The molecule has 0 bridgehead atoms. The van der Waals surface area contributed by atoms with Crippen molar-refractivity contribution in [2.75, 3.05) is 6.61 Å². The third kappa shape index (κ3) is 2.74. The van der Waals surface area contributed by atoms with Gasteiger partial charge in [-0.05, 0) is 38.1 Å². The summed E-state index contributed by atoms with van der Waals surface area (Å²) in [6.45, 7) is 4.21. The van der Waals surface area contributed by atoms with Gasteiger partial charge in [0.25, 0.3) is 0 Å². The molecule has 1 aromatic carbocycles. The Kier molecular flexibility index (Phi) is 3.96. The number of halogens is 1. The van der Waals surface area contributed by atoms with E-state index in [1.165, 1.54) is 0 Å². The molecule has 1 unspecified atom stereocenters. The molecule has 0 saturated carbocycles. The van der Waals surface area contributed by atoms with E-state index in [2.05, 4.69) is 0 Å². The van der Waals surface area contributed by atoms with Crippen LogP contribution in [0.5, 0.6) is 5.75 Å². The van der Waals surface area contributed by atoms with Gasteiger partial charge in [0.1, 0.15) is 5.75 Å². The Bertz CT molecular complexity index is 304. The van der Waals surface area contributed by atoms with Crippen LogP contribution in [-0.4, -0.2) is 17.8 Å². The largest absolute Gasteiger partial charge is 0.494 e. The third-order valence-corrected chi connectivity index (χ3v) is 2.01. The summed E-state index contributed by atoms with van der Waals surface area (Å²) in [7, 11) is 0. The van der Waals surface area contributed by atoms with E-state index in [1.807, 2.05) is 6.92 Å². The summed E-state index contributed by atoms with van der Waals surface area (Å²) >= 11 is 5.68. The predicted octanol–water partition coefficient (Wildman–Crippen LogP) is 2.90. The highest BCUT2D eigenvalue weighted by molar-refractivity contribution is 6.33. The molecule has 1 aromatic rings. The van der Waals surface area contributed by atoms with Crippen LogP contribution < -0.4 is 4.74 Å². The van der Waals surface area contributed by atoms with Gasteiger partial charge in [0.05, 0.1) is 12.0 Å². The summed E-state index contributed by atoms with van der Waals surface area (Å²) in [5, 5.41) is -0.479. The first kappa shape index (κ1) is 11.1. The Morgan fingerprint density at radius 3 is 2.43 bits per heavy atom. The Hall–Kier alpha value is -1.02. The van der Waals surface area contributed by atoms with Crippen LogP contribution in [0.2, 0.25) is 0 Å². The van der Waals surface area contributed by atoms with Gasteiger partial charge in [-0.15, -0.1) is 11.6 Å². The van der Waals surface area contributed by atoms with Crippen LogP contribution in [0.3, 0.4) is 0 Å². The van der Waals surface area contributed by atoms with Crippen LogP contribution in [0.4, 0.5) is 0 Å². The summed E-state index contributed by atoms with van der Waals surface area (Å²) in [5.41, 5.74) is 0.621.